The lowest BCUT2D eigenvalue weighted by Gasteiger charge is -2.21. The maximum absolute atomic E-state index is 12.3. The highest BCUT2D eigenvalue weighted by Crippen LogP contribution is 2.21. The Balaban J connectivity index is 2.97. The molecule has 1 aromatic rings. The maximum Gasteiger partial charge on any atom is 0.255 e. The fraction of sp³-hybridized carbons (Fsp3) is 0.364. The minimum atomic E-state index is -2.67. The number of carbonyl (C=O) groups is 1. The number of rotatable bonds is 5. The van der Waals surface area contributed by atoms with Crippen molar-refractivity contribution >= 4 is 30.1 Å². The third-order valence-corrected chi connectivity index (χ3v) is 2.80. The van der Waals surface area contributed by atoms with E-state index in [2.05, 4.69) is 12.6 Å². The lowest BCUT2D eigenvalue weighted by atomic mass is 10.2. The molecule has 0 unspecified atom stereocenters. The summed E-state index contributed by atoms with van der Waals surface area (Å²) >= 11 is 9.90. The van der Waals surface area contributed by atoms with Crippen LogP contribution in [0.2, 0.25) is 5.02 Å². The molecule has 1 aromatic carbocycles. The van der Waals surface area contributed by atoms with Crippen LogP contribution in [0.1, 0.15) is 10.4 Å². The lowest BCUT2D eigenvalue weighted by Crippen LogP contribution is -2.37. The summed E-state index contributed by atoms with van der Waals surface area (Å²) in [4.78, 5) is 13.4. The van der Waals surface area contributed by atoms with Gasteiger partial charge in [-0.15, -0.1) is 12.6 Å². The molecule has 18 heavy (non-hydrogen) atoms. The second-order valence-electron chi connectivity index (χ2n) is 3.53. The van der Waals surface area contributed by atoms with E-state index in [4.69, 9.17) is 16.7 Å². The number of benzene rings is 1. The van der Waals surface area contributed by atoms with Gasteiger partial charge in [-0.05, 0) is 18.2 Å². The van der Waals surface area contributed by atoms with Gasteiger partial charge < -0.3 is 10.0 Å². The predicted molar refractivity (Wildman–Crippen MR) is 67.7 cm³/mol. The second-order valence-corrected chi connectivity index (χ2v) is 4.45. The molecule has 0 aliphatic rings. The van der Waals surface area contributed by atoms with Gasteiger partial charge in [0.15, 0.2) is 0 Å². The van der Waals surface area contributed by atoms with Gasteiger partial charge in [0.05, 0.1) is 23.7 Å². The van der Waals surface area contributed by atoms with Crippen molar-refractivity contribution in [1.29, 1.82) is 0 Å². The van der Waals surface area contributed by atoms with Crippen molar-refractivity contribution < 1.29 is 18.7 Å². The summed E-state index contributed by atoms with van der Waals surface area (Å²) in [5.74, 6) is -0.648. The molecule has 0 radical (unpaired) electrons. The zero-order valence-electron chi connectivity index (χ0n) is 9.31. The maximum atomic E-state index is 12.3. The molecule has 0 atom stereocenters. The Labute approximate surface area is 114 Å². The van der Waals surface area contributed by atoms with Crippen LogP contribution in [0.5, 0.6) is 0 Å². The van der Waals surface area contributed by atoms with E-state index in [0.29, 0.717) is 4.90 Å². The van der Waals surface area contributed by atoms with Crippen molar-refractivity contribution in [2.75, 3.05) is 19.7 Å². The molecule has 0 saturated carbocycles. The minimum absolute atomic E-state index is 0.0956. The Kier molecular flexibility index (Phi) is 5.84. The number of amides is 1. The van der Waals surface area contributed by atoms with Crippen molar-refractivity contribution in [3.63, 3.8) is 0 Å². The van der Waals surface area contributed by atoms with Gasteiger partial charge in [0.2, 0.25) is 0 Å². The van der Waals surface area contributed by atoms with Crippen LogP contribution in [0, 0.1) is 0 Å². The first-order chi connectivity index (χ1) is 8.45. The van der Waals surface area contributed by atoms with Crippen LogP contribution in [0.15, 0.2) is 23.1 Å². The number of halogens is 3. The van der Waals surface area contributed by atoms with E-state index in [1.165, 1.54) is 12.1 Å². The molecular formula is C11H12ClF2NO2S. The lowest BCUT2D eigenvalue weighted by molar-refractivity contribution is 0.0509. The monoisotopic (exact) mass is 295 g/mol. The van der Waals surface area contributed by atoms with Crippen LogP contribution >= 0.6 is 24.2 Å². The number of alkyl halides is 2. The van der Waals surface area contributed by atoms with Crippen molar-refractivity contribution in [2.24, 2.45) is 0 Å². The van der Waals surface area contributed by atoms with Crippen molar-refractivity contribution in [1.82, 2.24) is 4.90 Å². The summed E-state index contributed by atoms with van der Waals surface area (Å²) in [7, 11) is 0. The fourth-order valence-corrected chi connectivity index (χ4v) is 1.81. The summed E-state index contributed by atoms with van der Waals surface area (Å²) < 4.78 is 24.7. The SMILES string of the molecule is O=C(c1cc(S)ccc1Cl)N(CCO)CC(F)F. The largest absolute Gasteiger partial charge is 0.395 e. The second kappa shape index (κ2) is 6.92. The third-order valence-electron chi connectivity index (χ3n) is 2.20. The van der Waals surface area contributed by atoms with Gasteiger partial charge >= 0.3 is 0 Å². The van der Waals surface area contributed by atoms with Gasteiger partial charge in [-0.1, -0.05) is 11.6 Å². The summed E-state index contributed by atoms with van der Waals surface area (Å²) in [6.45, 7) is -1.31. The van der Waals surface area contributed by atoms with E-state index in [-0.39, 0.29) is 17.1 Å². The van der Waals surface area contributed by atoms with Crippen molar-refractivity contribution in [3.8, 4) is 0 Å². The van der Waals surface area contributed by atoms with Gasteiger partial charge in [-0.25, -0.2) is 8.78 Å². The number of nitrogens with zero attached hydrogens (tertiary/aromatic N) is 1. The van der Waals surface area contributed by atoms with Gasteiger partial charge in [0.1, 0.15) is 0 Å². The van der Waals surface area contributed by atoms with E-state index in [9.17, 15) is 13.6 Å². The quantitative estimate of drug-likeness (QED) is 0.819. The third kappa shape index (κ3) is 4.12. The highest BCUT2D eigenvalue weighted by molar-refractivity contribution is 7.80. The van der Waals surface area contributed by atoms with Crippen molar-refractivity contribution in [3.05, 3.63) is 28.8 Å². The van der Waals surface area contributed by atoms with Crippen LogP contribution in [0.25, 0.3) is 0 Å². The number of aliphatic hydroxyl groups is 1. The highest BCUT2D eigenvalue weighted by Gasteiger charge is 2.21. The summed E-state index contributed by atoms with van der Waals surface area (Å²) in [5.41, 5.74) is 0.0956. The number of aliphatic hydroxyl groups excluding tert-OH is 1. The standard InChI is InChI=1S/C11H12ClF2NO2S/c12-9-2-1-7(18)5-8(9)11(17)15(3-4-16)6-10(13)14/h1-2,5,10,16,18H,3-4,6H2. The molecule has 0 saturated heterocycles. The van der Waals surface area contributed by atoms with E-state index in [1.807, 2.05) is 0 Å². The molecule has 0 fully saturated rings. The Morgan fingerprint density at radius 3 is 2.72 bits per heavy atom. The molecule has 0 heterocycles. The van der Waals surface area contributed by atoms with Gasteiger partial charge in [-0.2, -0.15) is 0 Å². The normalized spacial score (nSPS) is 10.8. The van der Waals surface area contributed by atoms with Crippen LogP contribution in [0.3, 0.4) is 0 Å². The number of thiol groups is 1. The van der Waals surface area contributed by atoms with Crippen molar-refractivity contribution in [2.45, 2.75) is 11.3 Å². The molecule has 0 spiro atoms. The molecule has 1 amide bonds. The summed E-state index contributed by atoms with van der Waals surface area (Å²) in [5, 5.41) is 8.94. The van der Waals surface area contributed by atoms with Gasteiger partial charge in [-0.3, -0.25) is 4.79 Å². The molecule has 7 heteroatoms. The van der Waals surface area contributed by atoms with E-state index in [1.54, 1.807) is 6.07 Å². The van der Waals surface area contributed by atoms with Gasteiger partial charge in [0, 0.05) is 11.4 Å². The topological polar surface area (TPSA) is 40.5 Å². The average Bonchev–Trinajstić information content (AvgIpc) is 2.30. The molecule has 0 aliphatic carbocycles. The summed E-state index contributed by atoms with van der Waals surface area (Å²) in [6, 6.07) is 4.46. The first-order valence-corrected chi connectivity index (χ1v) is 5.95. The summed E-state index contributed by atoms with van der Waals surface area (Å²) in [6.07, 6.45) is -2.67. The smallest absolute Gasteiger partial charge is 0.255 e. The van der Waals surface area contributed by atoms with Crippen LogP contribution in [0.4, 0.5) is 8.78 Å². The van der Waals surface area contributed by atoms with E-state index < -0.39 is 25.5 Å². The van der Waals surface area contributed by atoms with E-state index >= 15 is 0 Å². The molecule has 0 bridgehead atoms. The van der Waals surface area contributed by atoms with Crippen LogP contribution < -0.4 is 0 Å². The Bertz CT molecular complexity index is 432. The number of carbonyl (C=O) groups excluding carboxylic acids is 1. The molecule has 0 aromatic heterocycles. The molecule has 1 rings (SSSR count). The fourth-order valence-electron chi connectivity index (χ4n) is 1.41. The molecule has 0 aliphatic heterocycles. The molecule has 100 valence electrons. The average molecular weight is 296 g/mol. The Hall–Kier alpha value is -0.850. The van der Waals surface area contributed by atoms with Crippen LogP contribution in [-0.2, 0) is 0 Å². The molecule has 3 nitrogen and oxygen atoms in total. The molecular weight excluding hydrogens is 284 g/mol. The zero-order chi connectivity index (χ0) is 13.7. The molecule has 1 N–H and O–H groups in total. The minimum Gasteiger partial charge on any atom is -0.395 e. The predicted octanol–water partition coefficient (Wildman–Crippen LogP) is 2.33. The van der Waals surface area contributed by atoms with Gasteiger partial charge in [0.25, 0.3) is 12.3 Å². The highest BCUT2D eigenvalue weighted by atomic mass is 35.5. The Morgan fingerprint density at radius 1 is 1.50 bits per heavy atom. The van der Waals surface area contributed by atoms with Crippen LogP contribution in [-0.4, -0.2) is 42.0 Å². The zero-order valence-corrected chi connectivity index (χ0v) is 11.0. The first-order valence-electron chi connectivity index (χ1n) is 5.12. The Morgan fingerprint density at radius 2 is 2.17 bits per heavy atom. The van der Waals surface area contributed by atoms with E-state index in [0.717, 1.165) is 4.90 Å². The first kappa shape index (κ1) is 15.2. The number of hydrogen-bond acceptors (Lipinski definition) is 3. The number of hydrogen-bond donors (Lipinski definition) is 2.